The lowest BCUT2D eigenvalue weighted by Crippen LogP contribution is -2.23. The van der Waals surface area contributed by atoms with Gasteiger partial charge in [-0.05, 0) is 37.6 Å². The summed E-state index contributed by atoms with van der Waals surface area (Å²) in [5, 5.41) is 0. The van der Waals surface area contributed by atoms with Crippen LogP contribution < -0.4 is 9.46 Å². The quantitative estimate of drug-likeness (QED) is 0.893. The van der Waals surface area contributed by atoms with Gasteiger partial charge in [0.1, 0.15) is 5.75 Å². The molecule has 21 heavy (non-hydrogen) atoms. The zero-order valence-corrected chi connectivity index (χ0v) is 13.0. The summed E-state index contributed by atoms with van der Waals surface area (Å²) in [5.74, 6) is 0.701. The van der Waals surface area contributed by atoms with Crippen LogP contribution in [0.1, 0.15) is 18.1 Å². The molecule has 0 fully saturated rings. The highest BCUT2D eigenvalue weighted by Crippen LogP contribution is 2.19. The molecular formula is C16H19NO3S. The van der Waals surface area contributed by atoms with Crippen molar-refractivity contribution in [2.45, 2.75) is 25.3 Å². The van der Waals surface area contributed by atoms with Gasteiger partial charge in [0.25, 0.3) is 0 Å². The number of hydrogen-bond donors (Lipinski definition) is 1. The molecule has 0 saturated carbocycles. The number of benzene rings is 2. The Bertz CT molecular complexity index is 711. The van der Waals surface area contributed by atoms with E-state index in [9.17, 15) is 8.42 Å². The number of rotatable bonds is 6. The van der Waals surface area contributed by atoms with E-state index < -0.39 is 10.0 Å². The summed E-state index contributed by atoms with van der Waals surface area (Å²) in [6, 6.07) is 14.2. The number of hydrogen-bond acceptors (Lipinski definition) is 3. The van der Waals surface area contributed by atoms with Crippen molar-refractivity contribution in [2.24, 2.45) is 0 Å². The van der Waals surface area contributed by atoms with E-state index in [4.69, 9.17) is 4.74 Å². The van der Waals surface area contributed by atoms with Crippen LogP contribution in [0, 0.1) is 6.92 Å². The summed E-state index contributed by atoms with van der Waals surface area (Å²) >= 11 is 0. The van der Waals surface area contributed by atoms with Gasteiger partial charge in [-0.1, -0.05) is 30.3 Å². The molecule has 2 aromatic carbocycles. The number of nitrogens with one attached hydrogen (secondary N) is 1. The number of sulfonamides is 1. The van der Waals surface area contributed by atoms with Crippen LogP contribution in [0.15, 0.2) is 53.4 Å². The van der Waals surface area contributed by atoms with Crippen molar-refractivity contribution < 1.29 is 13.2 Å². The first-order chi connectivity index (χ1) is 10.0. The lowest BCUT2D eigenvalue weighted by Gasteiger charge is -2.11. The molecule has 0 bridgehead atoms. The van der Waals surface area contributed by atoms with Crippen LogP contribution >= 0.6 is 0 Å². The molecule has 112 valence electrons. The Kier molecular flexibility index (Phi) is 4.98. The Morgan fingerprint density at radius 1 is 1.10 bits per heavy atom. The Morgan fingerprint density at radius 3 is 2.57 bits per heavy atom. The molecule has 2 rings (SSSR count). The molecule has 1 N–H and O–H groups in total. The highest BCUT2D eigenvalue weighted by Gasteiger charge is 2.14. The SMILES string of the molecule is CCOc1ccccc1CNS(=O)(=O)c1cccc(C)c1. The molecule has 0 saturated heterocycles. The first-order valence-corrected chi connectivity index (χ1v) is 8.28. The maximum Gasteiger partial charge on any atom is 0.240 e. The van der Waals surface area contributed by atoms with Gasteiger partial charge < -0.3 is 4.74 Å². The Morgan fingerprint density at radius 2 is 1.86 bits per heavy atom. The molecule has 0 atom stereocenters. The van der Waals surface area contributed by atoms with E-state index in [-0.39, 0.29) is 11.4 Å². The van der Waals surface area contributed by atoms with E-state index in [1.165, 1.54) is 0 Å². The van der Waals surface area contributed by atoms with Crippen molar-refractivity contribution in [2.75, 3.05) is 6.61 Å². The summed E-state index contributed by atoms with van der Waals surface area (Å²) in [6.07, 6.45) is 0. The number of ether oxygens (including phenoxy) is 1. The lowest BCUT2D eigenvalue weighted by atomic mass is 10.2. The fourth-order valence-electron chi connectivity index (χ4n) is 1.98. The smallest absolute Gasteiger partial charge is 0.240 e. The van der Waals surface area contributed by atoms with Gasteiger partial charge in [-0.2, -0.15) is 0 Å². The maximum atomic E-state index is 12.3. The topological polar surface area (TPSA) is 55.4 Å². The Hall–Kier alpha value is -1.85. The molecule has 5 heteroatoms. The summed E-state index contributed by atoms with van der Waals surface area (Å²) in [7, 11) is -3.52. The summed E-state index contributed by atoms with van der Waals surface area (Å²) in [6.45, 7) is 4.51. The van der Waals surface area contributed by atoms with Gasteiger partial charge >= 0.3 is 0 Å². The molecule has 0 amide bonds. The predicted molar refractivity (Wildman–Crippen MR) is 82.8 cm³/mol. The van der Waals surface area contributed by atoms with Crippen LogP contribution in [0.5, 0.6) is 5.75 Å². The summed E-state index contributed by atoms with van der Waals surface area (Å²) in [4.78, 5) is 0.274. The van der Waals surface area contributed by atoms with Crippen LogP contribution in [-0.2, 0) is 16.6 Å². The summed E-state index contributed by atoms with van der Waals surface area (Å²) < 4.78 is 32.7. The van der Waals surface area contributed by atoms with E-state index in [0.717, 1.165) is 11.1 Å². The zero-order valence-electron chi connectivity index (χ0n) is 12.2. The fourth-order valence-corrected chi connectivity index (χ4v) is 3.10. The van der Waals surface area contributed by atoms with Crippen LogP contribution in [0.2, 0.25) is 0 Å². The van der Waals surface area contributed by atoms with Gasteiger partial charge in [0.2, 0.25) is 10.0 Å². The van der Waals surface area contributed by atoms with Crippen molar-refractivity contribution in [1.82, 2.24) is 4.72 Å². The standard InChI is InChI=1S/C16H19NO3S/c1-3-20-16-10-5-4-8-14(16)12-17-21(18,19)15-9-6-7-13(2)11-15/h4-11,17H,3,12H2,1-2H3. The third-order valence-corrected chi connectivity index (χ3v) is 4.42. The van der Waals surface area contributed by atoms with Crippen molar-refractivity contribution in [1.29, 1.82) is 0 Å². The molecule has 0 aliphatic heterocycles. The molecular weight excluding hydrogens is 286 g/mol. The normalized spacial score (nSPS) is 11.3. The van der Waals surface area contributed by atoms with Crippen LogP contribution in [0.25, 0.3) is 0 Å². The molecule has 0 aliphatic carbocycles. The summed E-state index contributed by atoms with van der Waals surface area (Å²) in [5.41, 5.74) is 1.73. The molecule has 0 spiro atoms. The molecule has 0 radical (unpaired) electrons. The monoisotopic (exact) mass is 305 g/mol. The van der Waals surface area contributed by atoms with E-state index in [0.29, 0.717) is 12.4 Å². The first kappa shape index (κ1) is 15.5. The van der Waals surface area contributed by atoms with E-state index in [1.807, 2.05) is 44.2 Å². The van der Waals surface area contributed by atoms with Crippen LogP contribution in [0.3, 0.4) is 0 Å². The molecule has 0 aromatic heterocycles. The van der Waals surface area contributed by atoms with Crippen LogP contribution in [0.4, 0.5) is 0 Å². The third-order valence-electron chi connectivity index (χ3n) is 3.02. The van der Waals surface area contributed by atoms with Gasteiger partial charge in [0.05, 0.1) is 11.5 Å². The molecule has 0 heterocycles. The van der Waals surface area contributed by atoms with Gasteiger partial charge in [0.15, 0.2) is 0 Å². The maximum absolute atomic E-state index is 12.3. The first-order valence-electron chi connectivity index (χ1n) is 6.80. The predicted octanol–water partition coefficient (Wildman–Crippen LogP) is 2.87. The second kappa shape index (κ2) is 6.74. The minimum atomic E-state index is -3.52. The van der Waals surface area contributed by atoms with Gasteiger partial charge in [-0.15, -0.1) is 0 Å². The second-order valence-electron chi connectivity index (χ2n) is 4.68. The van der Waals surface area contributed by atoms with Crippen molar-refractivity contribution in [3.8, 4) is 5.75 Å². The minimum absolute atomic E-state index is 0.201. The molecule has 0 unspecified atom stereocenters. The Balaban J connectivity index is 2.16. The number of para-hydroxylation sites is 1. The Labute approximate surface area is 125 Å². The van der Waals surface area contributed by atoms with Crippen LogP contribution in [-0.4, -0.2) is 15.0 Å². The van der Waals surface area contributed by atoms with Crippen molar-refractivity contribution in [3.05, 3.63) is 59.7 Å². The fraction of sp³-hybridized carbons (Fsp3) is 0.250. The van der Waals surface area contributed by atoms with Gasteiger partial charge in [0, 0.05) is 12.1 Å². The number of aryl methyl sites for hydroxylation is 1. The zero-order chi connectivity index (χ0) is 15.3. The minimum Gasteiger partial charge on any atom is -0.494 e. The molecule has 2 aromatic rings. The lowest BCUT2D eigenvalue weighted by molar-refractivity contribution is 0.336. The van der Waals surface area contributed by atoms with E-state index >= 15 is 0 Å². The largest absolute Gasteiger partial charge is 0.494 e. The molecule has 0 aliphatic rings. The van der Waals surface area contributed by atoms with Crippen molar-refractivity contribution in [3.63, 3.8) is 0 Å². The molecule has 4 nitrogen and oxygen atoms in total. The average Bonchev–Trinajstić information content (AvgIpc) is 2.47. The van der Waals surface area contributed by atoms with Gasteiger partial charge in [-0.3, -0.25) is 0 Å². The van der Waals surface area contributed by atoms with E-state index in [2.05, 4.69) is 4.72 Å². The second-order valence-corrected chi connectivity index (χ2v) is 6.45. The third kappa shape index (κ3) is 4.06. The highest BCUT2D eigenvalue weighted by atomic mass is 32.2. The van der Waals surface area contributed by atoms with Gasteiger partial charge in [-0.25, -0.2) is 13.1 Å². The average molecular weight is 305 g/mol. The van der Waals surface area contributed by atoms with E-state index in [1.54, 1.807) is 18.2 Å². The highest BCUT2D eigenvalue weighted by molar-refractivity contribution is 7.89. The van der Waals surface area contributed by atoms with Crippen molar-refractivity contribution >= 4 is 10.0 Å².